The highest BCUT2D eigenvalue weighted by Crippen LogP contribution is 2.33. The van der Waals surface area contributed by atoms with Crippen LogP contribution in [0, 0.1) is 6.92 Å². The van der Waals surface area contributed by atoms with E-state index in [-0.39, 0.29) is 11.3 Å². The minimum atomic E-state index is -3.83. The molecule has 4 nitrogen and oxygen atoms in total. The van der Waals surface area contributed by atoms with Gasteiger partial charge in [0.2, 0.25) is 5.91 Å². The summed E-state index contributed by atoms with van der Waals surface area (Å²) in [6.45, 7) is 1.88. The molecule has 3 rings (SSSR count). The first-order chi connectivity index (χ1) is 9.50. The third kappa shape index (κ3) is 1.91. The number of hydrogen-bond acceptors (Lipinski definition) is 3. The molecular weight excluding hydrogens is 274 g/mol. The average Bonchev–Trinajstić information content (AvgIpc) is 2.75. The molecule has 0 N–H and O–H groups in total. The van der Waals surface area contributed by atoms with Gasteiger partial charge in [0.05, 0.1) is 17.0 Å². The molecule has 2 aromatic carbocycles. The van der Waals surface area contributed by atoms with Gasteiger partial charge in [0.25, 0.3) is 10.0 Å². The van der Waals surface area contributed by atoms with Crippen LogP contribution in [0.4, 0.5) is 5.69 Å². The van der Waals surface area contributed by atoms with Crippen molar-refractivity contribution in [1.82, 2.24) is 0 Å². The predicted molar refractivity (Wildman–Crippen MR) is 76.0 cm³/mol. The number of amides is 1. The SMILES string of the molecule is Cc1ccc(S(=O)(=O)N2C(=O)Cc3ccccc32)cc1. The zero-order valence-corrected chi connectivity index (χ0v) is 11.7. The maximum Gasteiger partial charge on any atom is 0.270 e. The maximum absolute atomic E-state index is 12.6. The van der Waals surface area contributed by atoms with Crippen LogP contribution >= 0.6 is 0 Å². The monoisotopic (exact) mass is 287 g/mol. The highest BCUT2D eigenvalue weighted by Gasteiger charge is 2.37. The first-order valence-corrected chi connectivity index (χ1v) is 7.67. The number of hydrogen-bond donors (Lipinski definition) is 0. The van der Waals surface area contributed by atoms with Crippen LogP contribution in [-0.4, -0.2) is 14.3 Å². The fraction of sp³-hybridized carbons (Fsp3) is 0.133. The first-order valence-electron chi connectivity index (χ1n) is 6.23. The molecule has 0 atom stereocenters. The van der Waals surface area contributed by atoms with Gasteiger partial charge in [-0.15, -0.1) is 0 Å². The summed E-state index contributed by atoms with van der Waals surface area (Å²) in [4.78, 5) is 12.2. The van der Waals surface area contributed by atoms with Gasteiger partial charge >= 0.3 is 0 Å². The number of benzene rings is 2. The standard InChI is InChI=1S/C15H13NO3S/c1-11-6-8-13(9-7-11)20(18,19)16-14-5-3-2-4-12(14)10-15(16)17/h2-9H,10H2,1H3. The number of carbonyl (C=O) groups excluding carboxylic acids is 1. The molecule has 0 bridgehead atoms. The lowest BCUT2D eigenvalue weighted by atomic mass is 10.2. The van der Waals surface area contributed by atoms with Crippen molar-refractivity contribution >= 4 is 21.6 Å². The van der Waals surface area contributed by atoms with E-state index in [2.05, 4.69) is 0 Å². The van der Waals surface area contributed by atoms with Gasteiger partial charge in [0.1, 0.15) is 0 Å². The largest absolute Gasteiger partial charge is 0.273 e. The Balaban J connectivity index is 2.13. The van der Waals surface area contributed by atoms with Crippen LogP contribution < -0.4 is 4.31 Å². The number of sulfonamides is 1. The molecule has 1 aliphatic rings. The Labute approximate surface area is 117 Å². The van der Waals surface area contributed by atoms with E-state index in [1.807, 2.05) is 6.92 Å². The average molecular weight is 287 g/mol. The summed E-state index contributed by atoms with van der Waals surface area (Å²) in [5.41, 5.74) is 2.17. The summed E-state index contributed by atoms with van der Waals surface area (Å²) >= 11 is 0. The van der Waals surface area contributed by atoms with Crippen LogP contribution in [0.5, 0.6) is 0 Å². The molecule has 0 aromatic heterocycles. The maximum atomic E-state index is 12.6. The van der Waals surface area contributed by atoms with E-state index in [0.29, 0.717) is 5.69 Å². The predicted octanol–water partition coefficient (Wildman–Crippen LogP) is 2.27. The van der Waals surface area contributed by atoms with Gasteiger partial charge < -0.3 is 0 Å². The van der Waals surface area contributed by atoms with Gasteiger partial charge in [0.15, 0.2) is 0 Å². The third-order valence-electron chi connectivity index (χ3n) is 3.34. The number of anilines is 1. The Kier molecular flexibility index (Phi) is 2.87. The second-order valence-corrected chi connectivity index (χ2v) is 6.57. The lowest BCUT2D eigenvalue weighted by Crippen LogP contribution is -2.33. The molecule has 0 saturated heterocycles. The number of para-hydroxylation sites is 1. The number of rotatable bonds is 2. The highest BCUT2D eigenvalue weighted by molar-refractivity contribution is 7.93. The number of carbonyl (C=O) groups is 1. The Bertz CT molecular complexity index is 779. The van der Waals surface area contributed by atoms with Gasteiger partial charge in [-0.3, -0.25) is 4.79 Å². The lowest BCUT2D eigenvalue weighted by Gasteiger charge is -2.17. The number of fused-ring (bicyclic) bond motifs is 1. The topological polar surface area (TPSA) is 54.5 Å². The fourth-order valence-corrected chi connectivity index (χ4v) is 3.77. The van der Waals surface area contributed by atoms with Crippen molar-refractivity contribution in [2.75, 3.05) is 4.31 Å². The van der Waals surface area contributed by atoms with E-state index in [4.69, 9.17) is 0 Å². The quantitative estimate of drug-likeness (QED) is 0.851. The molecule has 2 aromatic rings. The van der Waals surface area contributed by atoms with Gasteiger partial charge in [-0.05, 0) is 30.7 Å². The molecule has 0 unspecified atom stereocenters. The molecule has 1 amide bonds. The molecular formula is C15H13NO3S. The van der Waals surface area contributed by atoms with Crippen LogP contribution in [0.25, 0.3) is 0 Å². The molecule has 0 spiro atoms. The molecule has 102 valence electrons. The van der Waals surface area contributed by atoms with Crippen LogP contribution in [0.1, 0.15) is 11.1 Å². The lowest BCUT2D eigenvalue weighted by molar-refractivity contribution is -0.116. The van der Waals surface area contributed by atoms with E-state index in [1.54, 1.807) is 36.4 Å². The normalized spacial score (nSPS) is 14.4. The molecule has 20 heavy (non-hydrogen) atoms. The second-order valence-electron chi connectivity index (χ2n) is 4.78. The van der Waals surface area contributed by atoms with Gasteiger partial charge in [-0.1, -0.05) is 35.9 Å². The van der Waals surface area contributed by atoms with Crippen LogP contribution in [-0.2, 0) is 21.2 Å². The van der Waals surface area contributed by atoms with Gasteiger partial charge in [-0.25, -0.2) is 12.7 Å². The molecule has 1 aliphatic heterocycles. The molecule has 0 saturated carbocycles. The Hall–Kier alpha value is -2.14. The van der Waals surface area contributed by atoms with Crippen molar-refractivity contribution < 1.29 is 13.2 Å². The third-order valence-corrected chi connectivity index (χ3v) is 5.09. The summed E-state index contributed by atoms with van der Waals surface area (Å²) in [5, 5.41) is 0. The van der Waals surface area contributed by atoms with Crippen LogP contribution in [0.15, 0.2) is 53.4 Å². The summed E-state index contributed by atoms with van der Waals surface area (Å²) in [7, 11) is -3.83. The zero-order chi connectivity index (χ0) is 14.3. The minimum absolute atomic E-state index is 0.126. The summed E-state index contributed by atoms with van der Waals surface area (Å²) < 4.78 is 26.2. The fourth-order valence-electron chi connectivity index (χ4n) is 2.31. The van der Waals surface area contributed by atoms with E-state index in [1.165, 1.54) is 12.1 Å². The first kappa shape index (κ1) is 12.9. The van der Waals surface area contributed by atoms with Crippen molar-refractivity contribution in [2.45, 2.75) is 18.2 Å². The number of aryl methyl sites for hydroxylation is 1. The van der Waals surface area contributed by atoms with E-state index < -0.39 is 15.9 Å². The molecule has 0 radical (unpaired) electrons. The Morgan fingerprint density at radius 1 is 1.00 bits per heavy atom. The molecule has 0 aliphatic carbocycles. The molecule has 5 heteroatoms. The molecule has 0 fully saturated rings. The van der Waals surface area contributed by atoms with Crippen molar-refractivity contribution in [1.29, 1.82) is 0 Å². The van der Waals surface area contributed by atoms with Crippen molar-refractivity contribution in [3.8, 4) is 0 Å². The van der Waals surface area contributed by atoms with E-state index >= 15 is 0 Å². The van der Waals surface area contributed by atoms with Crippen LogP contribution in [0.3, 0.4) is 0 Å². The van der Waals surface area contributed by atoms with Gasteiger partial charge in [0, 0.05) is 0 Å². The smallest absolute Gasteiger partial charge is 0.270 e. The van der Waals surface area contributed by atoms with Crippen molar-refractivity contribution in [2.24, 2.45) is 0 Å². The zero-order valence-electron chi connectivity index (χ0n) is 10.9. The van der Waals surface area contributed by atoms with Crippen LogP contribution in [0.2, 0.25) is 0 Å². The second kappa shape index (κ2) is 4.45. The van der Waals surface area contributed by atoms with E-state index in [9.17, 15) is 13.2 Å². The van der Waals surface area contributed by atoms with Gasteiger partial charge in [-0.2, -0.15) is 0 Å². The molecule has 1 heterocycles. The number of nitrogens with zero attached hydrogens (tertiary/aromatic N) is 1. The van der Waals surface area contributed by atoms with Crippen molar-refractivity contribution in [3.63, 3.8) is 0 Å². The summed E-state index contributed by atoms with van der Waals surface area (Å²) in [6.07, 6.45) is 0.126. The van der Waals surface area contributed by atoms with Crippen molar-refractivity contribution in [3.05, 3.63) is 59.7 Å². The van der Waals surface area contributed by atoms with E-state index in [0.717, 1.165) is 15.4 Å². The summed E-state index contributed by atoms with van der Waals surface area (Å²) in [5.74, 6) is -0.410. The Morgan fingerprint density at radius 2 is 1.65 bits per heavy atom. The highest BCUT2D eigenvalue weighted by atomic mass is 32.2. The summed E-state index contributed by atoms with van der Waals surface area (Å²) in [6, 6.07) is 13.5. The Morgan fingerprint density at radius 3 is 2.35 bits per heavy atom. The minimum Gasteiger partial charge on any atom is -0.273 e.